The lowest BCUT2D eigenvalue weighted by atomic mass is 10.1. The maximum absolute atomic E-state index is 12.7. The van der Waals surface area contributed by atoms with Crippen LogP contribution in [0.1, 0.15) is 28.4 Å². The Morgan fingerprint density at radius 2 is 1.80 bits per heavy atom. The van der Waals surface area contributed by atoms with Crippen LogP contribution in [0.3, 0.4) is 0 Å². The second-order valence-corrected chi connectivity index (χ2v) is 5.65. The van der Waals surface area contributed by atoms with Crippen LogP contribution in [-0.2, 0) is 17.3 Å². The van der Waals surface area contributed by atoms with Crippen molar-refractivity contribution in [2.45, 2.75) is 19.5 Å². The quantitative estimate of drug-likeness (QED) is 0.625. The van der Waals surface area contributed by atoms with Crippen molar-refractivity contribution < 1.29 is 22.7 Å². The van der Waals surface area contributed by atoms with Crippen LogP contribution >= 0.6 is 0 Å². The van der Waals surface area contributed by atoms with E-state index in [9.17, 15) is 18.0 Å². The molecule has 3 nitrogen and oxygen atoms in total. The molecule has 1 aromatic heterocycles. The maximum atomic E-state index is 12.7. The summed E-state index contributed by atoms with van der Waals surface area (Å²) >= 11 is 0. The third-order valence-corrected chi connectivity index (χ3v) is 4.16. The molecule has 0 radical (unpaired) electrons. The van der Waals surface area contributed by atoms with Crippen LogP contribution in [-0.4, -0.2) is 17.6 Å². The lowest BCUT2D eigenvalue weighted by Crippen LogP contribution is -2.05. The van der Waals surface area contributed by atoms with Crippen molar-refractivity contribution in [3.8, 4) is 5.69 Å². The van der Waals surface area contributed by atoms with Gasteiger partial charge in [-0.1, -0.05) is 6.92 Å². The Kier molecular flexibility index (Phi) is 4.29. The van der Waals surface area contributed by atoms with Gasteiger partial charge in [0.05, 0.1) is 23.8 Å². The predicted molar refractivity (Wildman–Crippen MR) is 89.0 cm³/mol. The second kappa shape index (κ2) is 6.27. The van der Waals surface area contributed by atoms with Crippen LogP contribution < -0.4 is 0 Å². The van der Waals surface area contributed by atoms with E-state index in [4.69, 9.17) is 4.74 Å². The number of benzene rings is 2. The van der Waals surface area contributed by atoms with Gasteiger partial charge in [0.15, 0.2) is 0 Å². The van der Waals surface area contributed by atoms with E-state index in [1.165, 1.54) is 19.2 Å². The molecule has 0 fully saturated rings. The molecule has 25 heavy (non-hydrogen) atoms. The Bertz CT molecular complexity index is 924. The average molecular weight is 347 g/mol. The Balaban J connectivity index is 2.12. The first kappa shape index (κ1) is 17.1. The first-order valence-corrected chi connectivity index (χ1v) is 7.75. The number of halogens is 3. The molecule has 0 amide bonds. The van der Waals surface area contributed by atoms with Gasteiger partial charge in [-0.2, -0.15) is 13.2 Å². The van der Waals surface area contributed by atoms with Crippen molar-refractivity contribution in [2.75, 3.05) is 7.11 Å². The molecule has 3 aromatic rings. The van der Waals surface area contributed by atoms with Crippen molar-refractivity contribution in [2.24, 2.45) is 0 Å². The zero-order valence-corrected chi connectivity index (χ0v) is 13.7. The van der Waals surface area contributed by atoms with Gasteiger partial charge in [-0.3, -0.25) is 0 Å². The maximum Gasteiger partial charge on any atom is 0.416 e. The molecule has 0 bridgehead atoms. The molecule has 0 aliphatic rings. The fraction of sp³-hybridized carbons (Fsp3) is 0.211. The molecule has 0 unspecified atom stereocenters. The second-order valence-electron chi connectivity index (χ2n) is 5.65. The number of alkyl halides is 3. The van der Waals surface area contributed by atoms with Gasteiger partial charge in [-0.15, -0.1) is 0 Å². The summed E-state index contributed by atoms with van der Waals surface area (Å²) in [5, 5.41) is 0.880. The number of aromatic nitrogens is 1. The minimum atomic E-state index is -4.36. The minimum absolute atomic E-state index is 0.425. The summed E-state index contributed by atoms with van der Waals surface area (Å²) < 4.78 is 44.8. The van der Waals surface area contributed by atoms with Gasteiger partial charge in [-0.05, 0) is 54.4 Å². The number of hydrogen-bond acceptors (Lipinski definition) is 2. The summed E-state index contributed by atoms with van der Waals surface area (Å²) in [6, 6.07) is 10.2. The summed E-state index contributed by atoms with van der Waals surface area (Å²) in [5.41, 5.74) is 2.21. The standard InChI is InChI=1S/C19H16F3NO2/c1-3-12-11-23(15-7-5-14(6-8-15)19(20,21)22)17-9-4-13(10-16(12)17)18(24)25-2/h4-11H,3H2,1-2H3. The molecule has 0 aliphatic carbocycles. The zero-order chi connectivity index (χ0) is 18.2. The largest absolute Gasteiger partial charge is 0.465 e. The number of aryl methyl sites for hydroxylation is 1. The predicted octanol–water partition coefficient (Wildman–Crippen LogP) is 5.00. The molecule has 0 spiro atoms. The van der Waals surface area contributed by atoms with E-state index in [-0.39, 0.29) is 0 Å². The lowest BCUT2D eigenvalue weighted by Gasteiger charge is -2.09. The Morgan fingerprint density at radius 1 is 1.12 bits per heavy atom. The van der Waals surface area contributed by atoms with Crippen LogP contribution in [0.2, 0.25) is 0 Å². The smallest absolute Gasteiger partial charge is 0.416 e. The molecular weight excluding hydrogens is 331 g/mol. The number of carbonyl (C=O) groups is 1. The van der Waals surface area contributed by atoms with Crippen molar-refractivity contribution >= 4 is 16.9 Å². The van der Waals surface area contributed by atoms with Gasteiger partial charge in [0.25, 0.3) is 0 Å². The summed E-state index contributed by atoms with van der Waals surface area (Å²) in [6.07, 6.45) is -1.75. The lowest BCUT2D eigenvalue weighted by molar-refractivity contribution is -0.137. The molecule has 6 heteroatoms. The highest BCUT2D eigenvalue weighted by atomic mass is 19.4. The van der Waals surface area contributed by atoms with Crippen LogP contribution in [0.15, 0.2) is 48.7 Å². The molecule has 0 aliphatic heterocycles. The van der Waals surface area contributed by atoms with E-state index in [1.807, 2.05) is 17.7 Å². The van der Waals surface area contributed by atoms with Gasteiger partial charge in [-0.25, -0.2) is 4.79 Å². The Hall–Kier alpha value is -2.76. The van der Waals surface area contributed by atoms with E-state index in [1.54, 1.807) is 18.2 Å². The van der Waals surface area contributed by atoms with E-state index >= 15 is 0 Å². The van der Waals surface area contributed by atoms with Gasteiger partial charge < -0.3 is 9.30 Å². The monoisotopic (exact) mass is 347 g/mol. The molecule has 3 rings (SSSR count). The van der Waals surface area contributed by atoms with Gasteiger partial charge in [0, 0.05) is 17.3 Å². The van der Waals surface area contributed by atoms with Gasteiger partial charge in [0.2, 0.25) is 0 Å². The number of hydrogen-bond donors (Lipinski definition) is 0. The summed E-state index contributed by atoms with van der Waals surface area (Å²) in [4.78, 5) is 11.7. The highest BCUT2D eigenvalue weighted by molar-refractivity contribution is 5.96. The average Bonchev–Trinajstić information content (AvgIpc) is 2.98. The van der Waals surface area contributed by atoms with Crippen molar-refractivity contribution in [1.29, 1.82) is 0 Å². The Labute approximate surface area is 142 Å². The third-order valence-electron chi connectivity index (χ3n) is 4.16. The van der Waals surface area contributed by atoms with Crippen molar-refractivity contribution in [3.05, 3.63) is 65.4 Å². The molecule has 0 saturated carbocycles. The Morgan fingerprint density at radius 3 is 2.36 bits per heavy atom. The fourth-order valence-electron chi connectivity index (χ4n) is 2.85. The first-order chi connectivity index (χ1) is 11.8. The van der Waals surface area contributed by atoms with Crippen LogP contribution in [0.5, 0.6) is 0 Å². The number of methoxy groups -OCH3 is 1. The van der Waals surface area contributed by atoms with E-state index in [2.05, 4.69) is 0 Å². The molecule has 2 aromatic carbocycles. The summed E-state index contributed by atoms with van der Waals surface area (Å²) in [6.45, 7) is 1.98. The van der Waals surface area contributed by atoms with E-state index < -0.39 is 17.7 Å². The van der Waals surface area contributed by atoms with Crippen LogP contribution in [0, 0.1) is 0 Å². The number of nitrogens with zero attached hydrogens (tertiary/aromatic N) is 1. The highest BCUT2D eigenvalue weighted by Crippen LogP contribution is 2.31. The molecule has 1 heterocycles. The molecular formula is C19H16F3NO2. The third kappa shape index (κ3) is 3.12. The minimum Gasteiger partial charge on any atom is -0.465 e. The number of ether oxygens (including phenoxy) is 1. The number of fused-ring (bicyclic) bond motifs is 1. The normalized spacial score (nSPS) is 11.7. The number of esters is 1. The van der Waals surface area contributed by atoms with E-state index in [0.717, 1.165) is 35.0 Å². The fourth-order valence-corrected chi connectivity index (χ4v) is 2.85. The van der Waals surface area contributed by atoms with Crippen LogP contribution in [0.25, 0.3) is 16.6 Å². The highest BCUT2D eigenvalue weighted by Gasteiger charge is 2.30. The number of rotatable bonds is 3. The zero-order valence-electron chi connectivity index (χ0n) is 13.7. The SMILES string of the molecule is CCc1cn(-c2ccc(C(F)(F)F)cc2)c2ccc(C(=O)OC)cc12. The van der Waals surface area contributed by atoms with E-state index in [0.29, 0.717) is 11.3 Å². The molecule has 0 saturated heterocycles. The van der Waals surface area contributed by atoms with Crippen molar-refractivity contribution in [3.63, 3.8) is 0 Å². The summed E-state index contributed by atoms with van der Waals surface area (Å²) in [7, 11) is 1.32. The topological polar surface area (TPSA) is 31.2 Å². The summed E-state index contributed by atoms with van der Waals surface area (Å²) in [5.74, 6) is -0.425. The number of carbonyl (C=O) groups excluding carboxylic acids is 1. The first-order valence-electron chi connectivity index (χ1n) is 7.75. The van der Waals surface area contributed by atoms with Gasteiger partial charge in [0.1, 0.15) is 0 Å². The molecule has 0 N–H and O–H groups in total. The van der Waals surface area contributed by atoms with Crippen LogP contribution in [0.4, 0.5) is 13.2 Å². The molecule has 0 atom stereocenters. The molecule has 130 valence electrons. The van der Waals surface area contributed by atoms with Crippen molar-refractivity contribution in [1.82, 2.24) is 4.57 Å². The van der Waals surface area contributed by atoms with Gasteiger partial charge >= 0.3 is 12.1 Å².